The largest absolute Gasteiger partial charge is 0.375 e. The quantitative estimate of drug-likeness (QED) is 0.897. The zero-order chi connectivity index (χ0) is 11.8. The van der Waals surface area contributed by atoms with E-state index >= 15 is 0 Å². The smallest absolute Gasteiger partial charge is 0.0623 e. The van der Waals surface area contributed by atoms with Crippen LogP contribution in [0.3, 0.4) is 0 Å². The molecule has 2 heterocycles. The Bertz CT molecular complexity index is 409. The average Bonchev–Trinajstić information content (AvgIpc) is 2.94. The number of hydrogen-bond donors (Lipinski definition) is 1. The fraction of sp³-hybridized carbons (Fsp3) is 0.571. The van der Waals surface area contributed by atoms with Gasteiger partial charge in [-0.1, -0.05) is 29.8 Å². The fourth-order valence-electron chi connectivity index (χ4n) is 3.20. The number of benzene rings is 1. The number of fused-ring (bicyclic) bond motifs is 2. The van der Waals surface area contributed by atoms with Crippen LogP contribution in [-0.4, -0.2) is 18.2 Å². The van der Waals surface area contributed by atoms with Crippen LogP contribution in [0.2, 0.25) is 5.02 Å². The van der Waals surface area contributed by atoms with Crippen LogP contribution in [0.4, 0.5) is 0 Å². The summed E-state index contributed by atoms with van der Waals surface area (Å²) in [7, 11) is 0. The maximum atomic E-state index is 6.33. The van der Waals surface area contributed by atoms with E-state index in [1.54, 1.807) is 0 Å². The normalized spacial score (nSPS) is 32.9. The standard InChI is InChI=1S/C14H18ClNO/c15-12-4-2-1-3-9(12)7-13(16)11-8-10-5-6-14(11)17-10/h1-4,10-11,13-14H,5-8,16H2. The molecule has 0 spiro atoms. The molecular formula is C14H18ClNO. The van der Waals surface area contributed by atoms with Crippen molar-refractivity contribution < 1.29 is 4.74 Å². The van der Waals surface area contributed by atoms with Gasteiger partial charge in [-0.2, -0.15) is 0 Å². The van der Waals surface area contributed by atoms with Gasteiger partial charge in [-0.15, -0.1) is 0 Å². The average molecular weight is 252 g/mol. The van der Waals surface area contributed by atoms with Gasteiger partial charge in [0, 0.05) is 17.0 Å². The highest BCUT2D eigenvalue weighted by Gasteiger charge is 2.43. The highest BCUT2D eigenvalue weighted by atomic mass is 35.5. The first kappa shape index (κ1) is 11.5. The summed E-state index contributed by atoms with van der Waals surface area (Å²) in [4.78, 5) is 0. The van der Waals surface area contributed by atoms with E-state index in [4.69, 9.17) is 22.1 Å². The summed E-state index contributed by atoms with van der Waals surface area (Å²) >= 11 is 6.17. The third kappa shape index (κ3) is 2.22. The van der Waals surface area contributed by atoms with Crippen molar-refractivity contribution in [3.63, 3.8) is 0 Å². The molecule has 2 N–H and O–H groups in total. The van der Waals surface area contributed by atoms with Crippen LogP contribution in [0.25, 0.3) is 0 Å². The molecule has 0 saturated carbocycles. The Morgan fingerprint density at radius 2 is 2.18 bits per heavy atom. The first-order valence-electron chi connectivity index (χ1n) is 6.38. The Labute approximate surface area is 107 Å². The van der Waals surface area contributed by atoms with Crippen molar-refractivity contribution in [3.05, 3.63) is 34.9 Å². The second-order valence-corrected chi connectivity index (χ2v) is 5.64. The topological polar surface area (TPSA) is 35.2 Å². The van der Waals surface area contributed by atoms with Crippen molar-refractivity contribution >= 4 is 11.6 Å². The lowest BCUT2D eigenvalue weighted by molar-refractivity contribution is 0.0885. The molecule has 1 aromatic rings. The lowest BCUT2D eigenvalue weighted by Crippen LogP contribution is -2.38. The van der Waals surface area contributed by atoms with Crippen LogP contribution in [0.5, 0.6) is 0 Å². The Morgan fingerprint density at radius 3 is 2.82 bits per heavy atom. The third-order valence-corrected chi connectivity index (χ3v) is 4.49. The zero-order valence-electron chi connectivity index (χ0n) is 9.81. The van der Waals surface area contributed by atoms with E-state index in [1.165, 1.54) is 12.8 Å². The molecule has 0 amide bonds. The van der Waals surface area contributed by atoms with E-state index in [9.17, 15) is 0 Å². The van der Waals surface area contributed by atoms with Crippen molar-refractivity contribution in [2.75, 3.05) is 0 Å². The lowest BCUT2D eigenvalue weighted by Gasteiger charge is -2.25. The SMILES string of the molecule is NC(Cc1ccccc1Cl)C1CC2CCC1O2. The minimum Gasteiger partial charge on any atom is -0.375 e. The highest BCUT2D eigenvalue weighted by molar-refractivity contribution is 6.31. The molecule has 1 aromatic carbocycles. The Morgan fingerprint density at radius 1 is 1.35 bits per heavy atom. The van der Waals surface area contributed by atoms with Gasteiger partial charge in [-0.3, -0.25) is 0 Å². The molecule has 0 aromatic heterocycles. The van der Waals surface area contributed by atoms with Crippen LogP contribution in [-0.2, 0) is 11.2 Å². The predicted molar refractivity (Wildman–Crippen MR) is 69.1 cm³/mol. The van der Waals surface area contributed by atoms with Crippen LogP contribution < -0.4 is 5.73 Å². The Kier molecular flexibility index (Phi) is 3.12. The van der Waals surface area contributed by atoms with Crippen molar-refractivity contribution in [1.29, 1.82) is 0 Å². The van der Waals surface area contributed by atoms with Crippen molar-refractivity contribution in [3.8, 4) is 0 Å². The summed E-state index contributed by atoms with van der Waals surface area (Å²) in [5.74, 6) is 0.519. The summed E-state index contributed by atoms with van der Waals surface area (Å²) in [5, 5.41) is 0.826. The summed E-state index contributed by atoms with van der Waals surface area (Å²) in [6.45, 7) is 0. The van der Waals surface area contributed by atoms with E-state index in [2.05, 4.69) is 6.07 Å². The van der Waals surface area contributed by atoms with Gasteiger partial charge in [0.25, 0.3) is 0 Å². The molecule has 0 radical (unpaired) electrons. The molecule has 0 aliphatic carbocycles. The summed E-state index contributed by atoms with van der Waals surface area (Å²) < 4.78 is 5.86. The van der Waals surface area contributed by atoms with Gasteiger partial charge in [-0.05, 0) is 37.3 Å². The Hall–Kier alpha value is -0.570. The Balaban J connectivity index is 1.68. The molecule has 3 rings (SSSR count). The summed E-state index contributed by atoms with van der Waals surface area (Å²) in [5.41, 5.74) is 7.48. The zero-order valence-corrected chi connectivity index (χ0v) is 10.6. The van der Waals surface area contributed by atoms with Crippen molar-refractivity contribution in [2.24, 2.45) is 11.7 Å². The number of nitrogens with two attached hydrogens (primary N) is 1. The van der Waals surface area contributed by atoms with Crippen LogP contribution in [0.15, 0.2) is 24.3 Å². The van der Waals surface area contributed by atoms with Gasteiger partial charge in [0.15, 0.2) is 0 Å². The second-order valence-electron chi connectivity index (χ2n) is 5.23. The van der Waals surface area contributed by atoms with E-state index in [1.807, 2.05) is 18.2 Å². The molecule has 92 valence electrons. The molecular weight excluding hydrogens is 234 g/mol. The molecule has 17 heavy (non-hydrogen) atoms. The summed E-state index contributed by atoms with van der Waals surface area (Å²) in [6.07, 6.45) is 5.28. The molecule has 2 bridgehead atoms. The van der Waals surface area contributed by atoms with Gasteiger partial charge in [-0.25, -0.2) is 0 Å². The molecule has 3 heteroatoms. The molecule has 2 fully saturated rings. The molecule has 2 aliphatic rings. The first-order chi connectivity index (χ1) is 8.24. The van der Waals surface area contributed by atoms with E-state index in [-0.39, 0.29) is 6.04 Å². The minimum atomic E-state index is 0.171. The van der Waals surface area contributed by atoms with Crippen molar-refractivity contribution in [1.82, 2.24) is 0 Å². The van der Waals surface area contributed by atoms with Crippen LogP contribution >= 0.6 is 11.6 Å². The monoisotopic (exact) mass is 251 g/mol. The minimum absolute atomic E-state index is 0.171. The van der Waals surface area contributed by atoms with E-state index in [0.29, 0.717) is 18.1 Å². The summed E-state index contributed by atoms with van der Waals surface area (Å²) in [6, 6.07) is 8.14. The van der Waals surface area contributed by atoms with E-state index in [0.717, 1.165) is 23.4 Å². The number of halogens is 1. The van der Waals surface area contributed by atoms with Gasteiger partial charge in [0.1, 0.15) is 0 Å². The number of ether oxygens (including phenoxy) is 1. The number of hydrogen-bond acceptors (Lipinski definition) is 2. The molecule has 2 aliphatic heterocycles. The highest BCUT2D eigenvalue weighted by Crippen LogP contribution is 2.40. The van der Waals surface area contributed by atoms with Crippen molar-refractivity contribution in [2.45, 2.75) is 43.9 Å². The lowest BCUT2D eigenvalue weighted by atomic mass is 9.82. The first-order valence-corrected chi connectivity index (χ1v) is 6.76. The fourth-order valence-corrected chi connectivity index (χ4v) is 3.41. The van der Waals surface area contributed by atoms with Gasteiger partial charge in [0.05, 0.1) is 12.2 Å². The van der Waals surface area contributed by atoms with E-state index < -0.39 is 0 Å². The second kappa shape index (κ2) is 4.60. The van der Waals surface area contributed by atoms with Gasteiger partial charge in [0.2, 0.25) is 0 Å². The van der Waals surface area contributed by atoms with Gasteiger partial charge < -0.3 is 10.5 Å². The molecule has 4 atom stereocenters. The van der Waals surface area contributed by atoms with Gasteiger partial charge >= 0.3 is 0 Å². The number of rotatable bonds is 3. The van der Waals surface area contributed by atoms with Crippen LogP contribution in [0.1, 0.15) is 24.8 Å². The molecule has 2 nitrogen and oxygen atoms in total. The third-order valence-electron chi connectivity index (χ3n) is 4.12. The predicted octanol–water partition coefficient (Wildman–Crippen LogP) is 2.78. The molecule has 2 saturated heterocycles. The maximum Gasteiger partial charge on any atom is 0.0623 e. The van der Waals surface area contributed by atoms with Crippen LogP contribution in [0, 0.1) is 5.92 Å². The maximum absolute atomic E-state index is 6.33. The molecule has 4 unspecified atom stereocenters.